The first-order chi connectivity index (χ1) is 7.75. The van der Waals surface area contributed by atoms with Crippen LogP contribution in [0.4, 0.5) is 0 Å². The van der Waals surface area contributed by atoms with Gasteiger partial charge in [-0.05, 0) is 5.92 Å². The molecule has 1 aromatic heterocycles. The summed E-state index contributed by atoms with van der Waals surface area (Å²) in [5.41, 5.74) is 2.88. The van der Waals surface area contributed by atoms with Crippen molar-refractivity contribution in [2.75, 3.05) is 0 Å². The van der Waals surface area contributed by atoms with Crippen LogP contribution in [0.25, 0.3) is 0 Å². The number of carbonyl (C=O) groups excluding carboxylic acids is 1. The van der Waals surface area contributed by atoms with Gasteiger partial charge in [-0.15, -0.1) is 11.3 Å². The zero-order valence-corrected chi connectivity index (χ0v) is 11.9. The van der Waals surface area contributed by atoms with Crippen molar-refractivity contribution in [2.24, 2.45) is 11.8 Å². The van der Waals surface area contributed by atoms with E-state index in [0.29, 0.717) is 10.8 Å². The number of thiazole rings is 1. The van der Waals surface area contributed by atoms with Gasteiger partial charge in [0.1, 0.15) is 4.88 Å². The fourth-order valence-corrected chi connectivity index (χ4v) is 2.92. The summed E-state index contributed by atoms with van der Waals surface area (Å²) in [5, 5.41) is 1.00. The highest BCUT2D eigenvalue weighted by molar-refractivity contribution is 7.13. The third-order valence-electron chi connectivity index (χ3n) is 2.30. The number of amides is 1. The van der Waals surface area contributed by atoms with Crippen molar-refractivity contribution in [3.63, 3.8) is 0 Å². The fraction of sp³-hybridized carbons (Fsp3) is 0.667. The highest BCUT2D eigenvalue weighted by Crippen LogP contribution is 2.30. The lowest BCUT2D eigenvalue weighted by Crippen LogP contribution is -2.31. The number of hydrogen-bond acceptors (Lipinski definition) is 4. The van der Waals surface area contributed by atoms with Crippen molar-refractivity contribution in [2.45, 2.75) is 46.5 Å². The summed E-state index contributed by atoms with van der Waals surface area (Å²) in [4.78, 5) is 16.9. The predicted molar refractivity (Wildman–Crippen MR) is 71.0 cm³/mol. The van der Waals surface area contributed by atoms with Gasteiger partial charge in [-0.2, -0.15) is 0 Å². The monoisotopic (exact) mass is 255 g/mol. The summed E-state index contributed by atoms with van der Waals surface area (Å²) < 4.78 is 0. The van der Waals surface area contributed by atoms with E-state index in [0.717, 1.165) is 17.1 Å². The van der Waals surface area contributed by atoms with Crippen molar-refractivity contribution in [3.8, 4) is 0 Å². The van der Waals surface area contributed by atoms with E-state index in [1.54, 1.807) is 0 Å². The van der Waals surface area contributed by atoms with E-state index in [9.17, 15) is 4.79 Å². The molecule has 0 aliphatic heterocycles. The molecule has 0 bridgehead atoms. The van der Waals surface area contributed by atoms with Gasteiger partial charge in [0.25, 0.3) is 5.91 Å². The molecule has 0 unspecified atom stereocenters. The molecule has 0 aliphatic carbocycles. The first kappa shape index (κ1) is 14.1. The van der Waals surface area contributed by atoms with Gasteiger partial charge >= 0.3 is 0 Å². The van der Waals surface area contributed by atoms with Crippen molar-refractivity contribution in [1.82, 2.24) is 10.4 Å². The van der Waals surface area contributed by atoms with Crippen LogP contribution in [0, 0.1) is 5.92 Å². The maximum Gasteiger partial charge on any atom is 0.277 e. The molecule has 0 saturated heterocycles. The molecule has 0 saturated carbocycles. The van der Waals surface area contributed by atoms with Gasteiger partial charge in [0.2, 0.25) is 0 Å². The van der Waals surface area contributed by atoms with Crippen LogP contribution in [0.15, 0.2) is 0 Å². The van der Waals surface area contributed by atoms with Crippen molar-refractivity contribution in [3.05, 3.63) is 15.6 Å². The molecule has 1 rings (SSSR count). The van der Waals surface area contributed by atoms with E-state index in [4.69, 9.17) is 5.84 Å². The minimum absolute atomic E-state index is 0.145. The lowest BCUT2D eigenvalue weighted by molar-refractivity contribution is 0.0955. The third kappa shape index (κ3) is 3.51. The molecule has 3 N–H and O–H groups in total. The molecule has 5 heteroatoms. The standard InChI is InChI=1S/C12H21N3OS/c1-7(2)6-8-14-10(12(3,4)5)9(17-8)11(16)15-13/h7H,6,13H2,1-5H3,(H,15,16). The average molecular weight is 255 g/mol. The second-order valence-corrected chi connectivity index (χ2v) is 6.69. The molecule has 1 amide bonds. The van der Waals surface area contributed by atoms with Crippen molar-refractivity contribution in [1.29, 1.82) is 0 Å². The first-order valence-corrected chi connectivity index (χ1v) is 6.58. The van der Waals surface area contributed by atoms with Crippen molar-refractivity contribution < 1.29 is 4.79 Å². The van der Waals surface area contributed by atoms with Crippen LogP contribution >= 0.6 is 11.3 Å². The molecule has 1 aromatic rings. The van der Waals surface area contributed by atoms with Gasteiger partial charge < -0.3 is 0 Å². The van der Waals surface area contributed by atoms with Crippen LogP contribution in [0.1, 0.15) is 55.0 Å². The minimum Gasteiger partial charge on any atom is -0.289 e. The molecule has 0 atom stereocenters. The fourth-order valence-electron chi connectivity index (χ4n) is 1.53. The SMILES string of the molecule is CC(C)Cc1nc(C(C)(C)C)c(C(=O)NN)s1. The van der Waals surface area contributed by atoms with E-state index < -0.39 is 0 Å². The highest BCUT2D eigenvalue weighted by Gasteiger charge is 2.26. The Kier molecular flexibility index (Phi) is 4.27. The maximum atomic E-state index is 11.7. The van der Waals surface area contributed by atoms with Crippen LogP contribution in [0.2, 0.25) is 0 Å². The lowest BCUT2D eigenvalue weighted by Gasteiger charge is -2.16. The van der Waals surface area contributed by atoms with E-state index in [1.807, 2.05) is 0 Å². The number of nitrogens with one attached hydrogen (secondary N) is 1. The molecule has 0 radical (unpaired) electrons. The molecule has 96 valence electrons. The van der Waals surface area contributed by atoms with Crippen LogP contribution < -0.4 is 11.3 Å². The van der Waals surface area contributed by atoms with E-state index in [-0.39, 0.29) is 11.3 Å². The van der Waals surface area contributed by atoms with Gasteiger partial charge in [0, 0.05) is 11.8 Å². The second-order valence-electron chi connectivity index (χ2n) is 5.61. The number of aromatic nitrogens is 1. The van der Waals surface area contributed by atoms with E-state index >= 15 is 0 Å². The molecule has 4 nitrogen and oxygen atoms in total. The van der Waals surface area contributed by atoms with Gasteiger partial charge in [0.05, 0.1) is 10.7 Å². The Bertz CT molecular complexity index is 404. The van der Waals surface area contributed by atoms with Gasteiger partial charge in [-0.3, -0.25) is 10.2 Å². The summed E-state index contributed by atoms with van der Waals surface area (Å²) in [6.45, 7) is 10.4. The average Bonchev–Trinajstić information content (AvgIpc) is 2.59. The molecule has 0 fully saturated rings. The zero-order chi connectivity index (χ0) is 13.2. The lowest BCUT2D eigenvalue weighted by atomic mass is 9.91. The Morgan fingerprint density at radius 2 is 2.06 bits per heavy atom. The Morgan fingerprint density at radius 1 is 1.47 bits per heavy atom. The summed E-state index contributed by atoms with van der Waals surface area (Å²) in [5.74, 6) is 5.49. The van der Waals surface area contributed by atoms with Gasteiger partial charge in [-0.25, -0.2) is 10.8 Å². The summed E-state index contributed by atoms with van der Waals surface area (Å²) in [7, 11) is 0. The summed E-state index contributed by atoms with van der Waals surface area (Å²) in [6.07, 6.45) is 0.894. The zero-order valence-electron chi connectivity index (χ0n) is 11.1. The molecular weight excluding hydrogens is 234 g/mol. The van der Waals surface area contributed by atoms with Crippen LogP contribution in [0.3, 0.4) is 0 Å². The number of carbonyl (C=O) groups is 1. The quantitative estimate of drug-likeness (QED) is 0.494. The molecule has 1 heterocycles. The maximum absolute atomic E-state index is 11.7. The molecule has 17 heavy (non-hydrogen) atoms. The molecule has 0 aromatic carbocycles. The van der Waals surface area contributed by atoms with Crippen LogP contribution in [-0.4, -0.2) is 10.9 Å². The molecule has 0 aliphatic rings. The van der Waals surface area contributed by atoms with Gasteiger partial charge in [0.15, 0.2) is 0 Å². The Balaban J connectivity index is 3.17. The first-order valence-electron chi connectivity index (χ1n) is 5.76. The number of rotatable bonds is 3. The Labute approximate surface area is 107 Å². The number of nitrogen functional groups attached to an aromatic ring is 1. The number of nitrogens with two attached hydrogens (primary N) is 1. The number of hydrazine groups is 1. The number of hydrogen-bond donors (Lipinski definition) is 2. The molecule has 0 spiro atoms. The third-order valence-corrected chi connectivity index (χ3v) is 3.38. The second kappa shape index (κ2) is 5.14. The van der Waals surface area contributed by atoms with E-state index in [2.05, 4.69) is 45.0 Å². The van der Waals surface area contributed by atoms with Crippen LogP contribution in [-0.2, 0) is 11.8 Å². The van der Waals surface area contributed by atoms with Gasteiger partial charge in [-0.1, -0.05) is 34.6 Å². The molecular formula is C12H21N3OS. The van der Waals surface area contributed by atoms with Crippen LogP contribution in [0.5, 0.6) is 0 Å². The Hall–Kier alpha value is -0.940. The summed E-state index contributed by atoms with van der Waals surface area (Å²) in [6, 6.07) is 0. The topological polar surface area (TPSA) is 68.0 Å². The van der Waals surface area contributed by atoms with E-state index in [1.165, 1.54) is 11.3 Å². The number of nitrogens with zero attached hydrogens (tertiary/aromatic N) is 1. The normalized spacial score (nSPS) is 11.9. The smallest absolute Gasteiger partial charge is 0.277 e. The van der Waals surface area contributed by atoms with Crippen molar-refractivity contribution >= 4 is 17.2 Å². The predicted octanol–water partition coefficient (Wildman–Crippen LogP) is 2.24. The highest BCUT2D eigenvalue weighted by atomic mass is 32.1. The summed E-state index contributed by atoms with van der Waals surface area (Å²) >= 11 is 1.44. The largest absolute Gasteiger partial charge is 0.289 e. The minimum atomic E-state index is -0.248. The Morgan fingerprint density at radius 3 is 2.47 bits per heavy atom.